The van der Waals surface area contributed by atoms with Gasteiger partial charge in [0.05, 0.1) is 17.9 Å². The molecule has 26 heavy (non-hydrogen) atoms. The zero-order chi connectivity index (χ0) is 17.9. The number of nitrogens with zero attached hydrogens (tertiary/aromatic N) is 6. The van der Waals surface area contributed by atoms with Gasteiger partial charge in [-0.25, -0.2) is 9.97 Å². The predicted molar refractivity (Wildman–Crippen MR) is 98.0 cm³/mol. The van der Waals surface area contributed by atoms with Crippen LogP contribution in [0, 0.1) is 11.3 Å². The SMILES string of the molecule is N#Cc1ccc(N2CCN(c3cc([C@@H]4CCOC4)nc(N)n3)CC2)nc1. The van der Waals surface area contributed by atoms with Crippen molar-refractivity contribution in [2.45, 2.75) is 12.3 Å². The second kappa shape index (κ2) is 7.14. The van der Waals surface area contributed by atoms with E-state index in [1.807, 2.05) is 12.1 Å². The molecular formula is C18H21N7O. The van der Waals surface area contributed by atoms with Gasteiger partial charge in [0, 0.05) is 51.0 Å². The van der Waals surface area contributed by atoms with Crippen molar-refractivity contribution in [3.63, 3.8) is 0 Å². The number of nitrogens with two attached hydrogens (primary N) is 1. The minimum absolute atomic E-state index is 0.309. The zero-order valence-electron chi connectivity index (χ0n) is 14.5. The molecule has 0 bridgehead atoms. The third-order valence-electron chi connectivity index (χ3n) is 4.90. The summed E-state index contributed by atoms with van der Waals surface area (Å²) in [5.41, 5.74) is 7.49. The summed E-state index contributed by atoms with van der Waals surface area (Å²) in [7, 11) is 0. The van der Waals surface area contributed by atoms with E-state index in [2.05, 4.69) is 30.8 Å². The number of hydrogen-bond donors (Lipinski definition) is 1. The predicted octanol–water partition coefficient (Wildman–Crippen LogP) is 1.16. The fourth-order valence-electron chi connectivity index (χ4n) is 3.41. The average molecular weight is 351 g/mol. The molecule has 0 aliphatic carbocycles. The first kappa shape index (κ1) is 16.5. The lowest BCUT2D eigenvalue weighted by atomic mass is 10.0. The van der Waals surface area contributed by atoms with Gasteiger partial charge < -0.3 is 20.3 Å². The van der Waals surface area contributed by atoms with Crippen LogP contribution in [0.25, 0.3) is 0 Å². The van der Waals surface area contributed by atoms with Gasteiger partial charge in [0.1, 0.15) is 17.7 Å². The van der Waals surface area contributed by atoms with E-state index in [0.717, 1.165) is 56.5 Å². The first-order valence-electron chi connectivity index (χ1n) is 8.81. The third kappa shape index (κ3) is 3.39. The van der Waals surface area contributed by atoms with Crippen LogP contribution in [0.3, 0.4) is 0 Å². The van der Waals surface area contributed by atoms with E-state index >= 15 is 0 Å². The Bertz CT molecular complexity index is 803. The van der Waals surface area contributed by atoms with Crippen LogP contribution in [-0.2, 0) is 4.74 Å². The molecule has 2 aliphatic rings. The van der Waals surface area contributed by atoms with Crippen LogP contribution in [0.2, 0.25) is 0 Å². The summed E-state index contributed by atoms with van der Waals surface area (Å²) in [6, 6.07) is 7.84. The van der Waals surface area contributed by atoms with E-state index < -0.39 is 0 Å². The Hall–Kier alpha value is -2.92. The van der Waals surface area contributed by atoms with Gasteiger partial charge in [-0.05, 0) is 18.6 Å². The first-order valence-corrected chi connectivity index (χ1v) is 8.81. The van der Waals surface area contributed by atoms with Gasteiger partial charge in [0.2, 0.25) is 5.95 Å². The van der Waals surface area contributed by atoms with E-state index in [4.69, 9.17) is 15.7 Å². The number of anilines is 3. The van der Waals surface area contributed by atoms with Crippen LogP contribution in [0.1, 0.15) is 23.6 Å². The summed E-state index contributed by atoms with van der Waals surface area (Å²) in [6.45, 7) is 4.82. The van der Waals surface area contributed by atoms with Crippen molar-refractivity contribution in [1.29, 1.82) is 5.26 Å². The van der Waals surface area contributed by atoms with Gasteiger partial charge in [-0.1, -0.05) is 0 Å². The van der Waals surface area contributed by atoms with Crippen molar-refractivity contribution in [3.05, 3.63) is 35.7 Å². The molecule has 4 heterocycles. The number of ether oxygens (including phenoxy) is 1. The summed E-state index contributed by atoms with van der Waals surface area (Å²) in [6.07, 6.45) is 2.59. The largest absolute Gasteiger partial charge is 0.381 e. The van der Waals surface area contributed by atoms with Crippen molar-refractivity contribution in [1.82, 2.24) is 15.0 Å². The standard InChI is InChI=1S/C18H21N7O/c19-10-13-1-2-16(21-11-13)24-4-6-25(7-5-24)17-9-15(22-18(20)23-17)14-3-8-26-12-14/h1-2,9,11,14H,3-8,12H2,(H2,20,22,23)/t14-/m1/s1. The van der Waals surface area contributed by atoms with Gasteiger partial charge in [-0.2, -0.15) is 10.2 Å². The van der Waals surface area contributed by atoms with Gasteiger partial charge in [-0.15, -0.1) is 0 Å². The smallest absolute Gasteiger partial charge is 0.222 e. The molecule has 0 unspecified atom stereocenters. The molecule has 2 N–H and O–H groups in total. The molecule has 134 valence electrons. The van der Waals surface area contributed by atoms with Gasteiger partial charge in [0.25, 0.3) is 0 Å². The zero-order valence-corrected chi connectivity index (χ0v) is 14.5. The van der Waals surface area contributed by atoms with Crippen molar-refractivity contribution < 1.29 is 4.74 Å². The molecule has 0 spiro atoms. The monoisotopic (exact) mass is 351 g/mol. The maximum atomic E-state index is 8.88. The Morgan fingerprint density at radius 1 is 1.12 bits per heavy atom. The molecule has 2 saturated heterocycles. The van der Waals surface area contributed by atoms with Crippen LogP contribution < -0.4 is 15.5 Å². The number of rotatable bonds is 3. The maximum absolute atomic E-state index is 8.88. The molecule has 2 aromatic rings. The summed E-state index contributed by atoms with van der Waals surface area (Å²) in [4.78, 5) is 17.7. The quantitative estimate of drug-likeness (QED) is 0.878. The summed E-state index contributed by atoms with van der Waals surface area (Å²) in [5, 5.41) is 8.88. The number of nitrogen functional groups attached to an aromatic ring is 1. The lowest BCUT2D eigenvalue weighted by Gasteiger charge is -2.36. The second-order valence-corrected chi connectivity index (χ2v) is 6.56. The van der Waals surface area contributed by atoms with Crippen molar-refractivity contribution >= 4 is 17.6 Å². The molecule has 4 rings (SSSR count). The topological polar surface area (TPSA) is 104 Å². The number of pyridine rings is 1. The highest BCUT2D eigenvalue weighted by molar-refractivity contribution is 5.48. The van der Waals surface area contributed by atoms with Crippen molar-refractivity contribution in [2.24, 2.45) is 0 Å². The molecular weight excluding hydrogens is 330 g/mol. The van der Waals surface area contributed by atoms with Crippen molar-refractivity contribution in [2.75, 3.05) is 54.9 Å². The highest BCUT2D eigenvalue weighted by Gasteiger charge is 2.24. The van der Waals surface area contributed by atoms with E-state index in [-0.39, 0.29) is 0 Å². The van der Waals surface area contributed by atoms with Gasteiger partial charge >= 0.3 is 0 Å². The third-order valence-corrected chi connectivity index (χ3v) is 4.90. The van der Waals surface area contributed by atoms with Gasteiger partial charge in [0.15, 0.2) is 0 Å². The fourth-order valence-corrected chi connectivity index (χ4v) is 3.41. The highest BCUT2D eigenvalue weighted by atomic mass is 16.5. The van der Waals surface area contributed by atoms with Crippen LogP contribution in [0.4, 0.5) is 17.6 Å². The molecule has 2 aliphatic heterocycles. The minimum Gasteiger partial charge on any atom is -0.381 e. The lowest BCUT2D eigenvalue weighted by Crippen LogP contribution is -2.47. The Morgan fingerprint density at radius 2 is 1.88 bits per heavy atom. The molecule has 0 amide bonds. The van der Waals surface area contributed by atoms with Crippen LogP contribution >= 0.6 is 0 Å². The normalized spacial score (nSPS) is 20.2. The van der Waals surface area contributed by atoms with Crippen LogP contribution in [-0.4, -0.2) is 54.3 Å². The fraction of sp³-hybridized carbons (Fsp3) is 0.444. The average Bonchev–Trinajstić information content (AvgIpc) is 3.23. The van der Waals surface area contributed by atoms with E-state index in [9.17, 15) is 0 Å². The number of aromatic nitrogens is 3. The Labute approximate surface area is 152 Å². The molecule has 0 aromatic carbocycles. The lowest BCUT2D eigenvalue weighted by molar-refractivity contribution is 0.193. The molecule has 2 aromatic heterocycles. The summed E-state index contributed by atoms with van der Waals surface area (Å²) in [5.74, 6) is 2.41. The molecule has 2 fully saturated rings. The van der Waals surface area contributed by atoms with Gasteiger partial charge in [-0.3, -0.25) is 0 Å². The Balaban J connectivity index is 1.45. The van der Waals surface area contributed by atoms with Crippen LogP contribution in [0.5, 0.6) is 0 Å². The number of hydrogen-bond acceptors (Lipinski definition) is 8. The Kier molecular flexibility index (Phi) is 4.54. The van der Waals surface area contributed by atoms with E-state index in [1.165, 1.54) is 0 Å². The summed E-state index contributed by atoms with van der Waals surface area (Å²) >= 11 is 0. The molecule has 8 heteroatoms. The molecule has 0 radical (unpaired) electrons. The molecule has 8 nitrogen and oxygen atoms in total. The summed E-state index contributed by atoms with van der Waals surface area (Å²) < 4.78 is 5.47. The number of nitriles is 1. The minimum atomic E-state index is 0.309. The maximum Gasteiger partial charge on any atom is 0.222 e. The van der Waals surface area contributed by atoms with E-state index in [0.29, 0.717) is 24.0 Å². The molecule has 1 atom stereocenters. The van der Waals surface area contributed by atoms with Crippen molar-refractivity contribution in [3.8, 4) is 6.07 Å². The number of piperazine rings is 1. The highest BCUT2D eigenvalue weighted by Crippen LogP contribution is 2.27. The first-order chi connectivity index (χ1) is 12.7. The Morgan fingerprint density at radius 3 is 2.50 bits per heavy atom. The van der Waals surface area contributed by atoms with E-state index in [1.54, 1.807) is 12.3 Å². The second-order valence-electron chi connectivity index (χ2n) is 6.56. The molecule has 0 saturated carbocycles. The van der Waals surface area contributed by atoms with Crippen LogP contribution in [0.15, 0.2) is 24.4 Å².